The minimum absolute atomic E-state index is 0.0416. The van der Waals surface area contributed by atoms with Crippen molar-refractivity contribution in [1.29, 1.82) is 0 Å². The van der Waals surface area contributed by atoms with Crippen molar-refractivity contribution in [3.8, 4) is 0 Å². The molecule has 0 saturated carbocycles. The Morgan fingerprint density at radius 3 is 2.46 bits per heavy atom. The molecule has 1 unspecified atom stereocenters. The number of pyridine rings is 1. The zero-order valence-electron chi connectivity index (χ0n) is 23.5. The molecular formula is C31H36BrCl2N7. The van der Waals surface area contributed by atoms with Gasteiger partial charge in [0.1, 0.15) is 11.6 Å². The van der Waals surface area contributed by atoms with Crippen LogP contribution in [0.25, 0.3) is 12.2 Å². The van der Waals surface area contributed by atoms with Crippen LogP contribution in [-0.4, -0.2) is 83.0 Å². The minimum Gasteiger partial charge on any atom is -0.369 e. The van der Waals surface area contributed by atoms with Gasteiger partial charge in [-0.2, -0.15) is 0 Å². The first kappa shape index (κ1) is 30.1. The van der Waals surface area contributed by atoms with Crippen LogP contribution in [0.1, 0.15) is 47.2 Å². The highest BCUT2D eigenvalue weighted by Gasteiger charge is 2.28. The number of halogens is 3. The van der Waals surface area contributed by atoms with Gasteiger partial charge in [0.15, 0.2) is 0 Å². The normalized spacial score (nSPS) is 16.5. The third kappa shape index (κ3) is 8.15. The second-order valence-corrected chi connectivity index (χ2v) is 12.5. The average Bonchev–Trinajstić information content (AvgIpc) is 3.18. The molecule has 1 N–H and O–H groups in total. The van der Waals surface area contributed by atoms with Crippen LogP contribution >= 0.6 is 39.1 Å². The van der Waals surface area contributed by atoms with E-state index < -0.39 is 0 Å². The highest BCUT2D eigenvalue weighted by molar-refractivity contribution is 9.10. The van der Waals surface area contributed by atoms with E-state index in [0.717, 1.165) is 90.7 Å². The molecule has 1 fully saturated rings. The van der Waals surface area contributed by atoms with Crippen molar-refractivity contribution in [3.05, 3.63) is 91.5 Å². The second-order valence-electron chi connectivity index (χ2n) is 10.7. The Morgan fingerprint density at radius 1 is 1.00 bits per heavy atom. The van der Waals surface area contributed by atoms with Gasteiger partial charge in [0.2, 0.25) is 0 Å². The molecule has 0 amide bonds. The van der Waals surface area contributed by atoms with E-state index in [-0.39, 0.29) is 6.04 Å². The zero-order chi connectivity index (χ0) is 28.8. The van der Waals surface area contributed by atoms with Gasteiger partial charge >= 0.3 is 0 Å². The molecule has 1 saturated heterocycles. The smallest absolute Gasteiger partial charge is 0.145 e. The monoisotopic (exact) mass is 655 g/mol. The van der Waals surface area contributed by atoms with Crippen LogP contribution in [0, 0.1) is 0 Å². The van der Waals surface area contributed by atoms with Crippen LogP contribution in [-0.2, 0) is 6.54 Å². The Kier molecular flexibility index (Phi) is 10.5. The number of hydrogen-bond acceptors (Lipinski definition) is 7. The molecule has 41 heavy (non-hydrogen) atoms. The lowest BCUT2D eigenvalue weighted by Crippen LogP contribution is -2.47. The molecule has 1 aliphatic heterocycles. The Morgan fingerprint density at radius 2 is 1.76 bits per heavy atom. The Labute approximate surface area is 261 Å². The summed E-state index contributed by atoms with van der Waals surface area (Å²) in [5.74, 6) is 1.77. The van der Waals surface area contributed by atoms with Crippen molar-refractivity contribution in [2.45, 2.75) is 25.4 Å². The molecule has 0 bridgehead atoms. The van der Waals surface area contributed by atoms with Crippen LogP contribution < -0.4 is 5.32 Å². The number of allylic oxidation sites excluding steroid dienone is 2. The molecule has 10 heteroatoms. The number of rotatable bonds is 10. The maximum Gasteiger partial charge on any atom is 0.145 e. The fourth-order valence-electron chi connectivity index (χ4n) is 5.31. The molecule has 7 nitrogen and oxygen atoms in total. The zero-order valence-corrected chi connectivity index (χ0v) is 26.6. The van der Waals surface area contributed by atoms with Crippen molar-refractivity contribution in [2.24, 2.45) is 0 Å². The SMILES string of the molecule is CN(C)CCCNc1nc(CN2CCN(C(c3cc(Cl)cc(Cl)c3)c3ccc(Br)cn3)CC2)nc2c1C=CCC=C2. The predicted octanol–water partition coefficient (Wildman–Crippen LogP) is 6.64. The Bertz CT molecular complexity index is 1370. The number of aromatic nitrogens is 3. The quantitative estimate of drug-likeness (QED) is 0.246. The average molecular weight is 657 g/mol. The van der Waals surface area contributed by atoms with Gasteiger partial charge in [0.05, 0.1) is 24.0 Å². The van der Waals surface area contributed by atoms with Crippen molar-refractivity contribution >= 4 is 57.1 Å². The summed E-state index contributed by atoms with van der Waals surface area (Å²) in [6.07, 6.45) is 12.4. The highest BCUT2D eigenvalue weighted by Crippen LogP contribution is 2.33. The van der Waals surface area contributed by atoms with Crippen molar-refractivity contribution < 1.29 is 0 Å². The number of nitrogens with one attached hydrogen (secondary N) is 1. The van der Waals surface area contributed by atoms with Crippen LogP contribution in [0.15, 0.2) is 53.2 Å². The molecule has 3 heterocycles. The summed E-state index contributed by atoms with van der Waals surface area (Å²) in [6, 6.07) is 9.81. The lowest BCUT2D eigenvalue weighted by atomic mass is 10.00. The lowest BCUT2D eigenvalue weighted by molar-refractivity contribution is 0.102. The summed E-state index contributed by atoms with van der Waals surface area (Å²) in [7, 11) is 4.20. The predicted molar refractivity (Wildman–Crippen MR) is 173 cm³/mol. The number of piperazine rings is 1. The van der Waals surface area contributed by atoms with Gasteiger partial charge in [-0.3, -0.25) is 14.8 Å². The molecular weight excluding hydrogens is 621 g/mol. The maximum absolute atomic E-state index is 6.42. The first-order valence-electron chi connectivity index (χ1n) is 14.0. The minimum atomic E-state index is -0.0416. The summed E-state index contributed by atoms with van der Waals surface area (Å²) in [6.45, 7) is 6.13. The van der Waals surface area contributed by atoms with Crippen molar-refractivity contribution in [2.75, 3.05) is 58.7 Å². The third-order valence-corrected chi connectivity index (χ3v) is 8.20. The van der Waals surface area contributed by atoms with Crippen LogP contribution in [0.2, 0.25) is 10.0 Å². The summed E-state index contributed by atoms with van der Waals surface area (Å²) in [5, 5.41) is 4.84. The van der Waals surface area contributed by atoms with E-state index in [4.69, 9.17) is 38.2 Å². The third-order valence-electron chi connectivity index (χ3n) is 7.30. The molecule has 1 aliphatic carbocycles. The molecule has 3 aromatic rings. The summed E-state index contributed by atoms with van der Waals surface area (Å²) in [5.41, 5.74) is 4.07. The Balaban J connectivity index is 1.31. The van der Waals surface area contributed by atoms with Gasteiger partial charge in [-0.05, 0) is 91.4 Å². The van der Waals surface area contributed by atoms with Gasteiger partial charge in [0.25, 0.3) is 0 Å². The van der Waals surface area contributed by atoms with E-state index in [1.807, 2.05) is 24.4 Å². The number of anilines is 1. The topological polar surface area (TPSA) is 60.4 Å². The number of fused-ring (bicyclic) bond motifs is 1. The fourth-order valence-corrected chi connectivity index (χ4v) is 6.09. The van der Waals surface area contributed by atoms with E-state index in [2.05, 4.69) is 80.4 Å². The van der Waals surface area contributed by atoms with E-state index in [0.29, 0.717) is 16.6 Å². The second kappa shape index (κ2) is 14.2. The molecule has 5 rings (SSSR count). The van der Waals surface area contributed by atoms with Crippen LogP contribution in [0.3, 0.4) is 0 Å². The number of benzene rings is 1. The largest absolute Gasteiger partial charge is 0.369 e. The van der Waals surface area contributed by atoms with E-state index in [1.165, 1.54) is 0 Å². The summed E-state index contributed by atoms with van der Waals surface area (Å²) >= 11 is 16.3. The molecule has 2 aliphatic rings. The van der Waals surface area contributed by atoms with Crippen LogP contribution in [0.5, 0.6) is 0 Å². The van der Waals surface area contributed by atoms with Gasteiger partial charge in [0, 0.05) is 59.0 Å². The summed E-state index contributed by atoms with van der Waals surface area (Å²) < 4.78 is 0.951. The molecule has 0 radical (unpaired) electrons. The lowest BCUT2D eigenvalue weighted by Gasteiger charge is -2.39. The van der Waals surface area contributed by atoms with Crippen LogP contribution in [0.4, 0.5) is 5.82 Å². The van der Waals surface area contributed by atoms with Gasteiger partial charge in [-0.25, -0.2) is 9.97 Å². The molecule has 0 spiro atoms. The van der Waals surface area contributed by atoms with E-state index >= 15 is 0 Å². The number of hydrogen-bond donors (Lipinski definition) is 1. The number of nitrogens with zero attached hydrogens (tertiary/aromatic N) is 6. The fraction of sp³-hybridized carbons (Fsp3) is 0.387. The summed E-state index contributed by atoms with van der Waals surface area (Å²) in [4.78, 5) is 21.8. The highest BCUT2D eigenvalue weighted by atomic mass is 79.9. The van der Waals surface area contributed by atoms with Gasteiger partial charge < -0.3 is 10.2 Å². The molecule has 1 aromatic carbocycles. The van der Waals surface area contributed by atoms with Crippen molar-refractivity contribution in [1.82, 2.24) is 29.7 Å². The van der Waals surface area contributed by atoms with Gasteiger partial charge in [-0.1, -0.05) is 41.4 Å². The first-order valence-corrected chi connectivity index (χ1v) is 15.6. The van der Waals surface area contributed by atoms with Crippen molar-refractivity contribution in [3.63, 3.8) is 0 Å². The molecule has 2 aromatic heterocycles. The molecule has 216 valence electrons. The van der Waals surface area contributed by atoms with Gasteiger partial charge in [-0.15, -0.1) is 0 Å². The Hall–Kier alpha value is -2.33. The maximum atomic E-state index is 6.42. The standard InChI is InChI=1S/C31H36BrCl2N7/c1-39(2)12-6-11-35-31-26-7-4-3-5-8-27(26)37-29(38-31)21-40-13-15-41(16-14-40)30(28-10-9-23(32)20-36-28)22-17-24(33)19-25(34)18-22/h4-5,7-10,17-20,30H,3,6,11-16,21H2,1-2H3,(H,35,37,38). The van der Waals surface area contributed by atoms with E-state index in [9.17, 15) is 0 Å². The first-order chi connectivity index (χ1) is 19.9. The molecule has 1 atom stereocenters. The van der Waals surface area contributed by atoms with E-state index in [1.54, 1.807) is 6.07 Å².